The Hall–Kier alpha value is -2.34. The van der Waals surface area contributed by atoms with Crippen molar-refractivity contribution in [2.75, 3.05) is 16.8 Å². The Labute approximate surface area is 139 Å². The maximum absolute atomic E-state index is 12.4. The van der Waals surface area contributed by atoms with Crippen LogP contribution in [0.2, 0.25) is 5.02 Å². The lowest BCUT2D eigenvalue weighted by molar-refractivity contribution is -0.122. The van der Waals surface area contributed by atoms with E-state index in [0.29, 0.717) is 23.1 Å². The Balaban J connectivity index is 1.73. The molecule has 1 atom stereocenters. The average Bonchev–Trinajstić information content (AvgIpc) is 3.02. The van der Waals surface area contributed by atoms with Gasteiger partial charge in [-0.05, 0) is 19.1 Å². The molecule has 1 aromatic heterocycles. The van der Waals surface area contributed by atoms with Gasteiger partial charge in [0, 0.05) is 26.1 Å². The molecule has 1 aliphatic heterocycles. The Morgan fingerprint density at radius 1 is 1.39 bits per heavy atom. The quantitative estimate of drug-likeness (QED) is 0.938. The summed E-state index contributed by atoms with van der Waals surface area (Å²) < 4.78 is 1.61. The number of anilines is 2. The van der Waals surface area contributed by atoms with Gasteiger partial charge in [-0.1, -0.05) is 23.7 Å². The first-order valence-electron chi connectivity index (χ1n) is 7.32. The highest BCUT2D eigenvalue weighted by atomic mass is 35.5. The summed E-state index contributed by atoms with van der Waals surface area (Å²) >= 11 is 6.14. The number of hydrogen-bond donors (Lipinski definition) is 1. The minimum Gasteiger partial charge on any atom is -0.311 e. The Bertz CT molecular complexity index is 771. The van der Waals surface area contributed by atoms with Crippen LogP contribution in [0.25, 0.3) is 0 Å². The topological polar surface area (TPSA) is 67.2 Å². The molecular weight excluding hydrogens is 316 g/mol. The summed E-state index contributed by atoms with van der Waals surface area (Å²) in [5.74, 6) is -0.0690. The van der Waals surface area contributed by atoms with Gasteiger partial charge in [-0.25, -0.2) is 0 Å². The van der Waals surface area contributed by atoms with E-state index in [1.54, 1.807) is 40.9 Å². The number of para-hydroxylation sites is 1. The number of aryl methyl sites for hydroxylation is 2. The van der Waals surface area contributed by atoms with Crippen LogP contribution in [0.3, 0.4) is 0 Å². The molecule has 0 saturated carbocycles. The summed E-state index contributed by atoms with van der Waals surface area (Å²) in [5, 5.41) is 7.52. The van der Waals surface area contributed by atoms with Crippen LogP contribution in [-0.4, -0.2) is 28.1 Å². The lowest BCUT2D eigenvalue weighted by Gasteiger charge is -2.18. The van der Waals surface area contributed by atoms with Gasteiger partial charge in [0.25, 0.3) is 0 Å². The van der Waals surface area contributed by atoms with E-state index < -0.39 is 5.92 Å². The Kier molecular flexibility index (Phi) is 4.09. The molecule has 2 heterocycles. The number of nitrogens with zero attached hydrogens (tertiary/aromatic N) is 3. The van der Waals surface area contributed by atoms with Crippen molar-refractivity contribution < 1.29 is 9.59 Å². The fourth-order valence-corrected chi connectivity index (χ4v) is 2.98. The van der Waals surface area contributed by atoms with Crippen LogP contribution in [0.4, 0.5) is 11.5 Å². The van der Waals surface area contributed by atoms with Crippen molar-refractivity contribution in [1.82, 2.24) is 9.78 Å². The van der Waals surface area contributed by atoms with Gasteiger partial charge in [-0.3, -0.25) is 14.3 Å². The van der Waals surface area contributed by atoms with E-state index in [2.05, 4.69) is 10.4 Å². The highest BCUT2D eigenvalue weighted by Gasteiger charge is 2.36. The molecular formula is C16H17ClN4O2. The van der Waals surface area contributed by atoms with Gasteiger partial charge < -0.3 is 10.2 Å². The van der Waals surface area contributed by atoms with Crippen molar-refractivity contribution in [3.05, 3.63) is 41.0 Å². The zero-order valence-corrected chi connectivity index (χ0v) is 13.7. The zero-order valence-electron chi connectivity index (χ0n) is 12.9. The third-order valence-corrected chi connectivity index (χ3v) is 4.21. The molecule has 0 bridgehead atoms. The normalized spacial score (nSPS) is 17.6. The van der Waals surface area contributed by atoms with E-state index in [9.17, 15) is 9.59 Å². The second-order valence-corrected chi connectivity index (χ2v) is 6.05. The lowest BCUT2D eigenvalue weighted by atomic mass is 10.1. The van der Waals surface area contributed by atoms with Crippen molar-refractivity contribution in [2.24, 2.45) is 13.0 Å². The van der Waals surface area contributed by atoms with E-state index in [1.807, 2.05) is 13.0 Å². The molecule has 120 valence electrons. The summed E-state index contributed by atoms with van der Waals surface area (Å²) in [5.41, 5.74) is 1.47. The molecule has 7 heteroatoms. The Morgan fingerprint density at radius 3 is 2.78 bits per heavy atom. The molecule has 3 rings (SSSR count). The SMILES string of the molecule is Cc1cc(NC(=O)[C@@H]2CC(=O)N(c3ccccc3Cl)C2)n(C)n1. The second kappa shape index (κ2) is 6.04. The standard InChI is InChI=1S/C16H17ClN4O2/c1-10-7-14(20(2)19-10)18-16(23)11-8-15(22)21(9-11)13-6-4-3-5-12(13)17/h3-7,11H,8-9H2,1-2H3,(H,18,23)/t11-/m1/s1. The van der Waals surface area contributed by atoms with Crippen molar-refractivity contribution in [1.29, 1.82) is 0 Å². The molecule has 1 N–H and O–H groups in total. The third-order valence-electron chi connectivity index (χ3n) is 3.89. The minimum absolute atomic E-state index is 0.0977. The summed E-state index contributed by atoms with van der Waals surface area (Å²) in [6.45, 7) is 2.18. The van der Waals surface area contributed by atoms with Crippen molar-refractivity contribution >= 4 is 34.9 Å². The molecule has 0 radical (unpaired) electrons. The number of hydrogen-bond acceptors (Lipinski definition) is 3. The van der Waals surface area contributed by atoms with Crippen molar-refractivity contribution in [3.63, 3.8) is 0 Å². The second-order valence-electron chi connectivity index (χ2n) is 5.64. The van der Waals surface area contributed by atoms with E-state index in [0.717, 1.165) is 5.69 Å². The first kappa shape index (κ1) is 15.6. The van der Waals surface area contributed by atoms with Gasteiger partial charge >= 0.3 is 0 Å². The third kappa shape index (κ3) is 3.07. The van der Waals surface area contributed by atoms with Gasteiger partial charge in [0.1, 0.15) is 5.82 Å². The summed E-state index contributed by atoms with van der Waals surface area (Å²) in [6.07, 6.45) is 0.174. The van der Waals surface area contributed by atoms with Crippen LogP contribution in [-0.2, 0) is 16.6 Å². The summed E-state index contributed by atoms with van der Waals surface area (Å²) in [6, 6.07) is 8.93. The highest BCUT2D eigenvalue weighted by molar-refractivity contribution is 6.33. The predicted octanol–water partition coefficient (Wildman–Crippen LogP) is 2.37. The number of benzene rings is 1. The number of aromatic nitrogens is 2. The minimum atomic E-state index is -0.408. The fourth-order valence-electron chi connectivity index (χ4n) is 2.74. The Morgan fingerprint density at radius 2 is 2.13 bits per heavy atom. The number of carbonyl (C=O) groups is 2. The molecule has 0 aliphatic carbocycles. The molecule has 1 fully saturated rings. The summed E-state index contributed by atoms with van der Waals surface area (Å²) in [4.78, 5) is 26.2. The van der Waals surface area contributed by atoms with E-state index in [-0.39, 0.29) is 18.2 Å². The molecule has 23 heavy (non-hydrogen) atoms. The van der Waals surface area contributed by atoms with Gasteiger partial charge in [-0.15, -0.1) is 0 Å². The van der Waals surface area contributed by atoms with Gasteiger partial charge in [-0.2, -0.15) is 5.10 Å². The molecule has 1 saturated heterocycles. The number of halogens is 1. The van der Waals surface area contributed by atoms with E-state index in [1.165, 1.54) is 0 Å². The number of carbonyl (C=O) groups excluding carboxylic acids is 2. The highest BCUT2D eigenvalue weighted by Crippen LogP contribution is 2.31. The van der Waals surface area contributed by atoms with Gasteiger partial charge in [0.05, 0.1) is 22.3 Å². The first-order chi connectivity index (χ1) is 11.0. The smallest absolute Gasteiger partial charge is 0.230 e. The molecule has 1 aromatic carbocycles. The maximum Gasteiger partial charge on any atom is 0.230 e. The fraction of sp³-hybridized carbons (Fsp3) is 0.312. The van der Waals surface area contributed by atoms with Crippen LogP contribution < -0.4 is 10.2 Å². The molecule has 2 aromatic rings. The largest absolute Gasteiger partial charge is 0.311 e. The van der Waals surface area contributed by atoms with Crippen LogP contribution in [0.1, 0.15) is 12.1 Å². The van der Waals surface area contributed by atoms with Gasteiger partial charge in [0.2, 0.25) is 11.8 Å². The van der Waals surface area contributed by atoms with E-state index in [4.69, 9.17) is 11.6 Å². The maximum atomic E-state index is 12.4. The molecule has 0 unspecified atom stereocenters. The average molecular weight is 333 g/mol. The first-order valence-corrected chi connectivity index (χ1v) is 7.70. The van der Waals surface area contributed by atoms with E-state index >= 15 is 0 Å². The molecule has 1 aliphatic rings. The number of nitrogens with one attached hydrogen (secondary N) is 1. The zero-order chi connectivity index (χ0) is 16.6. The van der Waals surface area contributed by atoms with Crippen LogP contribution in [0.5, 0.6) is 0 Å². The monoisotopic (exact) mass is 332 g/mol. The van der Waals surface area contributed by atoms with Gasteiger partial charge in [0.15, 0.2) is 0 Å². The molecule has 6 nitrogen and oxygen atoms in total. The van der Waals surface area contributed by atoms with Crippen molar-refractivity contribution in [2.45, 2.75) is 13.3 Å². The molecule has 2 amide bonds. The van der Waals surface area contributed by atoms with Crippen LogP contribution >= 0.6 is 11.6 Å². The number of amides is 2. The lowest BCUT2D eigenvalue weighted by Crippen LogP contribution is -2.28. The predicted molar refractivity (Wildman–Crippen MR) is 88.5 cm³/mol. The summed E-state index contributed by atoms with van der Waals surface area (Å²) in [7, 11) is 1.76. The molecule has 0 spiro atoms. The van der Waals surface area contributed by atoms with Crippen LogP contribution in [0, 0.1) is 12.8 Å². The van der Waals surface area contributed by atoms with Crippen molar-refractivity contribution in [3.8, 4) is 0 Å². The number of rotatable bonds is 3. The van der Waals surface area contributed by atoms with Crippen LogP contribution in [0.15, 0.2) is 30.3 Å².